The first-order chi connectivity index (χ1) is 13.9. The fourth-order valence-corrected chi connectivity index (χ4v) is 3.07. The van der Waals surface area contributed by atoms with Crippen molar-refractivity contribution in [2.45, 2.75) is 13.0 Å². The molecule has 0 radical (unpaired) electrons. The minimum atomic E-state index is -1.08. The van der Waals surface area contributed by atoms with E-state index in [1.54, 1.807) is 25.1 Å². The van der Waals surface area contributed by atoms with Gasteiger partial charge in [-0.25, -0.2) is 9.59 Å². The predicted octanol–water partition coefficient (Wildman–Crippen LogP) is 5.11. The molecule has 0 aromatic heterocycles. The third-order valence-corrected chi connectivity index (χ3v) is 4.50. The van der Waals surface area contributed by atoms with Crippen LogP contribution in [0, 0.1) is 5.92 Å². The monoisotopic (exact) mass is 391 g/mol. The smallest absolute Gasteiger partial charge is 0.412 e. The second-order valence-corrected chi connectivity index (χ2v) is 6.63. The number of phenols is 1. The second-order valence-electron chi connectivity index (χ2n) is 6.63. The van der Waals surface area contributed by atoms with Crippen LogP contribution in [0.2, 0.25) is 0 Å². The standard InChI is InChI=1S/C23H21NO5/c1-15(9-14-21(26)27)22(17-10-12-18(25)13-11-17)29-23(28)24-20-8-4-6-16-5-2-3-7-19(16)20/h2-15,22,25H,1H3,(H,24,28)(H,26,27)/b14-9+/t15-,22-/m1/s1. The molecule has 0 aliphatic rings. The van der Waals surface area contributed by atoms with Crippen LogP contribution >= 0.6 is 0 Å². The molecule has 0 saturated carbocycles. The average Bonchev–Trinajstić information content (AvgIpc) is 2.71. The van der Waals surface area contributed by atoms with E-state index in [2.05, 4.69) is 5.32 Å². The van der Waals surface area contributed by atoms with Crippen molar-refractivity contribution in [2.24, 2.45) is 5.92 Å². The Morgan fingerprint density at radius 1 is 1.00 bits per heavy atom. The molecule has 2 atom stereocenters. The number of aromatic hydroxyl groups is 1. The molecule has 3 N–H and O–H groups in total. The van der Waals surface area contributed by atoms with Gasteiger partial charge in [0.05, 0.1) is 5.69 Å². The summed E-state index contributed by atoms with van der Waals surface area (Å²) in [6.45, 7) is 1.75. The van der Waals surface area contributed by atoms with Gasteiger partial charge < -0.3 is 14.9 Å². The van der Waals surface area contributed by atoms with Gasteiger partial charge in [0.25, 0.3) is 0 Å². The van der Waals surface area contributed by atoms with Gasteiger partial charge in [0, 0.05) is 17.4 Å². The molecule has 6 heteroatoms. The van der Waals surface area contributed by atoms with Crippen LogP contribution < -0.4 is 5.32 Å². The highest BCUT2D eigenvalue weighted by atomic mass is 16.6. The number of hydrogen-bond donors (Lipinski definition) is 3. The number of nitrogens with one attached hydrogen (secondary N) is 1. The molecule has 0 aliphatic heterocycles. The highest BCUT2D eigenvalue weighted by Crippen LogP contribution is 2.30. The van der Waals surface area contributed by atoms with Gasteiger partial charge in [-0.2, -0.15) is 0 Å². The van der Waals surface area contributed by atoms with Gasteiger partial charge in [-0.15, -0.1) is 0 Å². The Bertz CT molecular complexity index is 1040. The van der Waals surface area contributed by atoms with Crippen LogP contribution in [0.5, 0.6) is 5.75 Å². The maximum Gasteiger partial charge on any atom is 0.412 e. The van der Waals surface area contributed by atoms with Gasteiger partial charge >= 0.3 is 12.1 Å². The van der Waals surface area contributed by atoms with Crippen LogP contribution in [-0.4, -0.2) is 22.3 Å². The lowest BCUT2D eigenvalue weighted by atomic mass is 9.96. The Labute approximate surface area is 168 Å². The lowest BCUT2D eigenvalue weighted by Gasteiger charge is -2.23. The first-order valence-corrected chi connectivity index (χ1v) is 9.09. The molecule has 0 aliphatic carbocycles. The topological polar surface area (TPSA) is 95.9 Å². The molecule has 6 nitrogen and oxygen atoms in total. The van der Waals surface area contributed by atoms with Gasteiger partial charge in [-0.1, -0.05) is 61.5 Å². The first-order valence-electron chi connectivity index (χ1n) is 9.09. The zero-order chi connectivity index (χ0) is 20.8. The van der Waals surface area contributed by atoms with Crippen LogP contribution in [-0.2, 0) is 9.53 Å². The van der Waals surface area contributed by atoms with Crippen molar-refractivity contribution in [3.8, 4) is 5.75 Å². The second kappa shape index (κ2) is 8.93. The van der Waals surface area contributed by atoms with E-state index in [4.69, 9.17) is 9.84 Å². The first kappa shape index (κ1) is 19.9. The Hall–Kier alpha value is -3.80. The molecular weight excluding hydrogens is 370 g/mol. The van der Waals surface area contributed by atoms with E-state index in [0.29, 0.717) is 11.3 Å². The summed E-state index contributed by atoms with van der Waals surface area (Å²) < 4.78 is 5.65. The van der Waals surface area contributed by atoms with Crippen LogP contribution in [0.4, 0.5) is 10.5 Å². The third-order valence-electron chi connectivity index (χ3n) is 4.50. The summed E-state index contributed by atoms with van der Waals surface area (Å²) in [7, 11) is 0. The molecule has 0 spiro atoms. The third kappa shape index (κ3) is 5.13. The van der Waals surface area contributed by atoms with Crippen LogP contribution in [0.25, 0.3) is 10.8 Å². The molecule has 1 amide bonds. The Kier molecular flexibility index (Phi) is 6.14. The van der Waals surface area contributed by atoms with Gasteiger partial charge in [-0.05, 0) is 29.1 Å². The van der Waals surface area contributed by atoms with Crippen molar-refractivity contribution >= 4 is 28.5 Å². The Morgan fingerprint density at radius 2 is 1.69 bits per heavy atom. The molecule has 0 fully saturated rings. The largest absolute Gasteiger partial charge is 0.508 e. The molecule has 3 aromatic rings. The number of amides is 1. The van der Waals surface area contributed by atoms with Crippen molar-refractivity contribution in [3.05, 3.63) is 84.4 Å². The van der Waals surface area contributed by atoms with Gasteiger partial charge in [0.1, 0.15) is 11.9 Å². The fourth-order valence-electron chi connectivity index (χ4n) is 3.07. The quantitative estimate of drug-likeness (QED) is 0.507. The number of benzene rings is 3. The van der Waals surface area contributed by atoms with Crippen molar-refractivity contribution in [1.82, 2.24) is 0 Å². The fraction of sp³-hybridized carbons (Fsp3) is 0.130. The number of ether oxygens (including phenoxy) is 1. The Balaban J connectivity index is 1.83. The molecule has 0 heterocycles. The zero-order valence-corrected chi connectivity index (χ0v) is 15.8. The number of fused-ring (bicyclic) bond motifs is 1. The number of rotatable bonds is 6. The number of carbonyl (C=O) groups excluding carboxylic acids is 1. The highest BCUT2D eigenvalue weighted by molar-refractivity contribution is 6.00. The van der Waals surface area contributed by atoms with Crippen LogP contribution in [0.3, 0.4) is 0 Å². The number of anilines is 1. The molecule has 0 bridgehead atoms. The minimum Gasteiger partial charge on any atom is -0.508 e. The van der Waals surface area contributed by atoms with Crippen LogP contribution in [0.1, 0.15) is 18.6 Å². The van der Waals surface area contributed by atoms with E-state index >= 15 is 0 Å². The van der Waals surface area contributed by atoms with Crippen molar-refractivity contribution in [3.63, 3.8) is 0 Å². The summed E-state index contributed by atoms with van der Waals surface area (Å²) >= 11 is 0. The summed E-state index contributed by atoms with van der Waals surface area (Å²) in [5, 5.41) is 23.0. The predicted molar refractivity (Wildman–Crippen MR) is 111 cm³/mol. The van der Waals surface area contributed by atoms with Gasteiger partial charge in [0.2, 0.25) is 0 Å². The summed E-state index contributed by atoms with van der Waals surface area (Å²) in [4.78, 5) is 23.5. The molecule has 148 valence electrons. The maximum atomic E-state index is 12.6. The van der Waals surface area contributed by atoms with Crippen LogP contribution in [0.15, 0.2) is 78.9 Å². The van der Waals surface area contributed by atoms with E-state index in [-0.39, 0.29) is 5.75 Å². The van der Waals surface area contributed by atoms with E-state index < -0.39 is 24.1 Å². The average molecular weight is 391 g/mol. The summed E-state index contributed by atoms with van der Waals surface area (Å²) in [6, 6.07) is 19.5. The number of carbonyl (C=O) groups is 2. The summed E-state index contributed by atoms with van der Waals surface area (Å²) in [5.41, 5.74) is 1.25. The van der Waals surface area contributed by atoms with E-state index in [1.165, 1.54) is 18.2 Å². The van der Waals surface area contributed by atoms with E-state index in [1.807, 2.05) is 36.4 Å². The SMILES string of the molecule is C[C@H](/C=C/C(=O)O)[C@@H](OC(=O)Nc1cccc2ccccc12)c1ccc(O)cc1. The molecule has 3 rings (SSSR count). The van der Waals surface area contributed by atoms with E-state index in [9.17, 15) is 14.7 Å². The number of carboxylic acid groups (broad SMARTS) is 1. The van der Waals surface area contributed by atoms with Crippen molar-refractivity contribution < 1.29 is 24.5 Å². The molecule has 29 heavy (non-hydrogen) atoms. The zero-order valence-electron chi connectivity index (χ0n) is 15.8. The highest BCUT2D eigenvalue weighted by Gasteiger charge is 2.23. The van der Waals surface area contributed by atoms with Crippen molar-refractivity contribution in [1.29, 1.82) is 0 Å². The maximum absolute atomic E-state index is 12.6. The number of aliphatic carboxylic acids is 1. The minimum absolute atomic E-state index is 0.0847. The summed E-state index contributed by atoms with van der Waals surface area (Å²) in [5.74, 6) is -1.41. The number of hydrogen-bond acceptors (Lipinski definition) is 4. The molecule has 0 saturated heterocycles. The van der Waals surface area contributed by atoms with Gasteiger partial charge in [0.15, 0.2) is 0 Å². The van der Waals surface area contributed by atoms with Gasteiger partial charge in [-0.3, -0.25) is 5.32 Å². The molecular formula is C23H21NO5. The van der Waals surface area contributed by atoms with E-state index in [0.717, 1.165) is 16.8 Å². The summed E-state index contributed by atoms with van der Waals surface area (Å²) in [6.07, 6.45) is 1.09. The molecule has 0 unspecified atom stereocenters. The lowest BCUT2D eigenvalue weighted by Crippen LogP contribution is -2.21. The lowest BCUT2D eigenvalue weighted by molar-refractivity contribution is -0.131. The van der Waals surface area contributed by atoms with Crippen molar-refractivity contribution in [2.75, 3.05) is 5.32 Å². The Morgan fingerprint density at radius 3 is 2.41 bits per heavy atom. The number of carboxylic acids is 1. The molecule has 3 aromatic carbocycles. The normalized spacial score (nSPS) is 13.1. The number of phenolic OH excluding ortho intramolecular Hbond substituents is 1.